The summed E-state index contributed by atoms with van der Waals surface area (Å²) in [6.45, 7) is 14.9. The predicted octanol–water partition coefficient (Wildman–Crippen LogP) is 1.92. The van der Waals surface area contributed by atoms with Gasteiger partial charge in [0, 0.05) is 39.5 Å². The Balaban J connectivity index is 4.82. The van der Waals surface area contributed by atoms with Crippen LogP contribution in [0.5, 0.6) is 0 Å². The van der Waals surface area contributed by atoms with Crippen molar-refractivity contribution in [3.05, 3.63) is 4.91 Å². The van der Waals surface area contributed by atoms with E-state index in [-0.39, 0.29) is 6.54 Å². The van der Waals surface area contributed by atoms with Crippen molar-refractivity contribution < 1.29 is 24.1 Å². The quantitative estimate of drug-likeness (QED) is 0.265. The van der Waals surface area contributed by atoms with Gasteiger partial charge in [-0.05, 0) is 55.6 Å². The molecule has 0 aliphatic carbocycles. The zero-order chi connectivity index (χ0) is 22.5. The molecule has 0 aliphatic rings. The van der Waals surface area contributed by atoms with E-state index in [9.17, 15) is 10.0 Å². The average molecular weight is 422 g/mol. The minimum absolute atomic E-state index is 0.272. The SMILES string of the molecule is CCOC(C)(CN(C)CC(O)C(CN(C)CC(C)(OCC)OCC)N=O)OCC. The van der Waals surface area contributed by atoms with Crippen LogP contribution in [0.3, 0.4) is 0 Å². The van der Waals surface area contributed by atoms with Crippen molar-refractivity contribution in [1.82, 2.24) is 9.80 Å². The Bertz CT molecular complexity index is 428. The Kier molecular flexibility index (Phi) is 14.0. The molecule has 0 radical (unpaired) electrons. The van der Waals surface area contributed by atoms with Gasteiger partial charge in [-0.15, -0.1) is 0 Å². The van der Waals surface area contributed by atoms with Gasteiger partial charge in [-0.2, -0.15) is 4.91 Å². The van der Waals surface area contributed by atoms with Crippen LogP contribution in [0.15, 0.2) is 5.18 Å². The summed E-state index contributed by atoms with van der Waals surface area (Å²) in [5.41, 5.74) is 0. The molecule has 0 rings (SSSR count). The molecule has 0 aromatic heterocycles. The molecule has 0 aromatic rings. The van der Waals surface area contributed by atoms with Gasteiger partial charge in [-0.3, -0.25) is 9.80 Å². The van der Waals surface area contributed by atoms with Crippen LogP contribution >= 0.6 is 0 Å². The maximum absolute atomic E-state index is 11.4. The Morgan fingerprint density at radius 2 is 1.14 bits per heavy atom. The van der Waals surface area contributed by atoms with E-state index in [1.807, 2.05) is 65.4 Å². The van der Waals surface area contributed by atoms with Crippen LogP contribution in [-0.2, 0) is 18.9 Å². The maximum atomic E-state index is 11.4. The van der Waals surface area contributed by atoms with Gasteiger partial charge < -0.3 is 24.1 Å². The number of hydrogen-bond acceptors (Lipinski definition) is 9. The number of aliphatic hydroxyl groups excluding tert-OH is 1. The van der Waals surface area contributed by atoms with Crippen LogP contribution in [-0.4, -0.2) is 105 Å². The summed E-state index contributed by atoms with van der Waals surface area (Å²) in [7, 11) is 3.71. The Hall–Kier alpha value is -0.680. The van der Waals surface area contributed by atoms with Gasteiger partial charge in [-0.25, -0.2) is 0 Å². The smallest absolute Gasteiger partial charge is 0.178 e. The first kappa shape index (κ1) is 28.3. The van der Waals surface area contributed by atoms with E-state index in [4.69, 9.17) is 18.9 Å². The first-order chi connectivity index (χ1) is 13.6. The molecule has 0 saturated heterocycles. The first-order valence-electron chi connectivity index (χ1n) is 10.5. The molecule has 0 aliphatic heterocycles. The van der Waals surface area contributed by atoms with Crippen molar-refractivity contribution in [3.8, 4) is 0 Å². The van der Waals surface area contributed by atoms with Crippen molar-refractivity contribution >= 4 is 0 Å². The Morgan fingerprint density at radius 3 is 1.45 bits per heavy atom. The standard InChI is InChI=1S/C20H43N3O6/c1-9-26-19(5,27-10-2)15-22(7)13-17(21-25)18(24)14-23(8)16-20(6,28-11-3)29-12-4/h17-18,24H,9-16H2,1-8H3. The molecule has 0 saturated carbocycles. The molecule has 9 heteroatoms. The summed E-state index contributed by atoms with van der Waals surface area (Å²) in [6, 6.07) is -0.777. The van der Waals surface area contributed by atoms with Crippen LogP contribution in [0, 0.1) is 4.91 Å². The van der Waals surface area contributed by atoms with Crippen LogP contribution in [0.4, 0.5) is 0 Å². The highest BCUT2D eigenvalue weighted by molar-refractivity contribution is 4.83. The second kappa shape index (κ2) is 14.3. The summed E-state index contributed by atoms with van der Waals surface area (Å²) < 4.78 is 22.8. The summed E-state index contributed by atoms with van der Waals surface area (Å²) >= 11 is 0. The fourth-order valence-electron chi connectivity index (χ4n) is 3.58. The molecular weight excluding hydrogens is 378 g/mol. The van der Waals surface area contributed by atoms with E-state index >= 15 is 0 Å². The van der Waals surface area contributed by atoms with Gasteiger partial charge in [0.15, 0.2) is 11.6 Å². The molecule has 2 atom stereocenters. The maximum Gasteiger partial charge on any atom is 0.178 e. The second-order valence-corrected chi connectivity index (χ2v) is 7.63. The summed E-state index contributed by atoms with van der Waals surface area (Å²) in [5.74, 6) is -1.54. The third-order valence-corrected chi connectivity index (χ3v) is 4.49. The van der Waals surface area contributed by atoms with Crippen LogP contribution in [0.25, 0.3) is 0 Å². The summed E-state index contributed by atoms with van der Waals surface area (Å²) in [6.07, 6.45) is -0.919. The van der Waals surface area contributed by atoms with E-state index in [0.717, 1.165) is 0 Å². The second-order valence-electron chi connectivity index (χ2n) is 7.63. The van der Waals surface area contributed by atoms with Gasteiger partial charge in [0.25, 0.3) is 0 Å². The lowest BCUT2D eigenvalue weighted by molar-refractivity contribution is -0.230. The highest BCUT2D eigenvalue weighted by Gasteiger charge is 2.32. The molecule has 174 valence electrons. The number of ether oxygens (including phenoxy) is 4. The summed E-state index contributed by atoms with van der Waals surface area (Å²) in [4.78, 5) is 15.2. The highest BCUT2D eigenvalue weighted by Crippen LogP contribution is 2.17. The molecule has 0 amide bonds. The molecule has 0 aromatic carbocycles. The average Bonchev–Trinajstić information content (AvgIpc) is 2.59. The third-order valence-electron chi connectivity index (χ3n) is 4.49. The number of hydrogen-bond donors (Lipinski definition) is 1. The Labute approximate surface area is 176 Å². The molecule has 0 bridgehead atoms. The van der Waals surface area contributed by atoms with Crippen LogP contribution in [0.2, 0.25) is 0 Å². The number of nitroso groups, excluding NO2 is 1. The minimum atomic E-state index is -0.919. The molecule has 0 fully saturated rings. The number of likely N-dealkylation sites (N-methyl/N-ethyl adjacent to an activating group) is 2. The number of nitrogens with zero attached hydrogens (tertiary/aromatic N) is 3. The molecule has 0 spiro atoms. The lowest BCUT2D eigenvalue weighted by Crippen LogP contribution is -2.50. The zero-order valence-electron chi connectivity index (χ0n) is 19.6. The van der Waals surface area contributed by atoms with Crippen molar-refractivity contribution in [1.29, 1.82) is 0 Å². The van der Waals surface area contributed by atoms with E-state index < -0.39 is 23.7 Å². The molecular formula is C20H43N3O6. The normalized spacial score (nSPS) is 15.1. The van der Waals surface area contributed by atoms with Crippen molar-refractivity contribution in [2.75, 3.05) is 66.7 Å². The Morgan fingerprint density at radius 1 is 0.793 bits per heavy atom. The van der Waals surface area contributed by atoms with Gasteiger partial charge in [-0.1, -0.05) is 5.18 Å². The van der Waals surface area contributed by atoms with Gasteiger partial charge in [0.1, 0.15) is 6.04 Å². The van der Waals surface area contributed by atoms with E-state index in [1.165, 1.54) is 0 Å². The van der Waals surface area contributed by atoms with E-state index in [1.54, 1.807) is 0 Å². The number of rotatable bonds is 18. The predicted molar refractivity (Wildman–Crippen MR) is 114 cm³/mol. The lowest BCUT2D eigenvalue weighted by atomic mass is 10.1. The molecule has 1 N–H and O–H groups in total. The lowest BCUT2D eigenvalue weighted by Gasteiger charge is -2.36. The highest BCUT2D eigenvalue weighted by atomic mass is 16.7. The minimum Gasteiger partial charge on any atom is -0.389 e. The molecule has 2 unspecified atom stereocenters. The van der Waals surface area contributed by atoms with Crippen molar-refractivity contribution in [2.24, 2.45) is 5.18 Å². The topological polar surface area (TPSA) is 93.1 Å². The van der Waals surface area contributed by atoms with Gasteiger partial charge in [0.05, 0.1) is 19.2 Å². The van der Waals surface area contributed by atoms with Crippen molar-refractivity contribution in [3.63, 3.8) is 0 Å². The monoisotopic (exact) mass is 421 g/mol. The first-order valence-corrected chi connectivity index (χ1v) is 10.5. The largest absolute Gasteiger partial charge is 0.389 e. The summed E-state index contributed by atoms with van der Waals surface area (Å²) in [5, 5.41) is 13.7. The molecule has 9 nitrogen and oxygen atoms in total. The van der Waals surface area contributed by atoms with E-state index in [0.29, 0.717) is 46.1 Å². The zero-order valence-corrected chi connectivity index (χ0v) is 19.6. The van der Waals surface area contributed by atoms with Gasteiger partial charge >= 0.3 is 0 Å². The van der Waals surface area contributed by atoms with Crippen LogP contribution < -0.4 is 0 Å². The number of aliphatic hydroxyl groups is 1. The third kappa shape index (κ3) is 11.3. The fourth-order valence-corrected chi connectivity index (χ4v) is 3.58. The van der Waals surface area contributed by atoms with Crippen LogP contribution in [0.1, 0.15) is 41.5 Å². The van der Waals surface area contributed by atoms with Crippen molar-refractivity contribution in [2.45, 2.75) is 65.3 Å². The fraction of sp³-hybridized carbons (Fsp3) is 1.00. The molecule has 29 heavy (non-hydrogen) atoms. The van der Waals surface area contributed by atoms with E-state index in [2.05, 4.69) is 5.18 Å². The molecule has 0 heterocycles. The van der Waals surface area contributed by atoms with Gasteiger partial charge in [0.2, 0.25) is 0 Å².